The lowest BCUT2D eigenvalue weighted by Crippen LogP contribution is -2.37. The molecule has 8 nitrogen and oxygen atoms in total. The number of carbonyl (C=O) groups is 1. The first kappa shape index (κ1) is 27.5. The molecule has 1 aromatic heterocycles. The first-order valence-electron chi connectivity index (χ1n) is 13.1. The summed E-state index contributed by atoms with van der Waals surface area (Å²) in [6.07, 6.45) is -2.27. The van der Waals surface area contributed by atoms with Gasteiger partial charge < -0.3 is 19.3 Å². The van der Waals surface area contributed by atoms with Gasteiger partial charge in [0.1, 0.15) is 11.5 Å². The minimum atomic E-state index is -4.71. The highest BCUT2D eigenvalue weighted by atomic mass is 19.4. The molecule has 1 aliphatic heterocycles. The van der Waals surface area contributed by atoms with Crippen LogP contribution in [0.25, 0.3) is 16.9 Å². The van der Waals surface area contributed by atoms with E-state index in [1.807, 2.05) is 4.90 Å². The Bertz CT molecular complexity index is 1500. The number of fused-ring (bicyclic) bond motifs is 1. The summed E-state index contributed by atoms with van der Waals surface area (Å²) in [5.74, 6) is 0.922. The van der Waals surface area contributed by atoms with Crippen LogP contribution in [0, 0.1) is 0 Å². The van der Waals surface area contributed by atoms with Crippen LogP contribution in [0.4, 0.5) is 18.9 Å². The molecule has 0 N–H and O–H groups in total. The average molecular weight is 557 g/mol. The average Bonchev–Trinajstić information content (AvgIpc) is 3.62. The quantitative estimate of drug-likeness (QED) is 0.446. The van der Waals surface area contributed by atoms with Gasteiger partial charge in [0.25, 0.3) is 5.56 Å². The monoisotopic (exact) mass is 556 g/mol. The second-order valence-electron chi connectivity index (χ2n) is 10.2. The highest BCUT2D eigenvalue weighted by Crippen LogP contribution is 2.38. The molecule has 0 radical (unpaired) electrons. The van der Waals surface area contributed by atoms with Crippen molar-refractivity contribution in [2.45, 2.75) is 44.8 Å². The fraction of sp³-hybridized carbons (Fsp3) is 0.414. The minimum absolute atomic E-state index is 0.0567. The van der Waals surface area contributed by atoms with Crippen molar-refractivity contribution in [3.8, 4) is 28.4 Å². The standard InChI is InChI=1S/C29H31F3N4O4/c1-17(37)34(2)20-10-11-35(16-20)19-8-9-25(29(30,31)32)26(14-19)36-28(38)24-7-5-6-23(24)27(33-36)18-12-21(39-3)15-22(13-18)40-4/h8-9,12-15,20H,5-7,10-11,16H2,1-4H3. The molecule has 5 rings (SSSR count). The maximum atomic E-state index is 14.3. The van der Waals surface area contributed by atoms with Gasteiger partial charge in [-0.3, -0.25) is 9.59 Å². The summed E-state index contributed by atoms with van der Waals surface area (Å²) in [5, 5.41) is 4.57. The summed E-state index contributed by atoms with van der Waals surface area (Å²) in [7, 11) is 4.74. The largest absolute Gasteiger partial charge is 0.497 e. The van der Waals surface area contributed by atoms with Gasteiger partial charge in [-0.1, -0.05) is 0 Å². The van der Waals surface area contributed by atoms with Crippen molar-refractivity contribution < 1.29 is 27.4 Å². The smallest absolute Gasteiger partial charge is 0.418 e. The van der Waals surface area contributed by atoms with Crippen molar-refractivity contribution in [3.05, 3.63) is 63.4 Å². The molecule has 1 unspecified atom stereocenters. The van der Waals surface area contributed by atoms with Crippen LogP contribution in [0.1, 0.15) is 36.5 Å². The molecule has 1 saturated heterocycles. The highest BCUT2D eigenvalue weighted by Gasteiger charge is 2.37. The number of nitrogens with zero attached hydrogens (tertiary/aromatic N) is 4. The van der Waals surface area contributed by atoms with Gasteiger partial charge in [0.05, 0.1) is 37.2 Å². The van der Waals surface area contributed by atoms with E-state index in [2.05, 4.69) is 5.10 Å². The van der Waals surface area contributed by atoms with Crippen LogP contribution in [-0.2, 0) is 23.8 Å². The van der Waals surface area contributed by atoms with E-state index in [0.29, 0.717) is 72.8 Å². The normalized spacial score (nSPS) is 16.7. The van der Waals surface area contributed by atoms with E-state index in [0.717, 1.165) is 16.3 Å². The minimum Gasteiger partial charge on any atom is -0.497 e. The number of hydrogen-bond donors (Lipinski definition) is 0. The van der Waals surface area contributed by atoms with Crippen LogP contribution < -0.4 is 19.9 Å². The molecular weight excluding hydrogens is 525 g/mol. The lowest BCUT2D eigenvalue weighted by atomic mass is 10.0. The number of rotatable bonds is 6. The second-order valence-corrected chi connectivity index (χ2v) is 10.2. The molecule has 11 heteroatoms. The Morgan fingerprint density at radius 1 is 1.05 bits per heavy atom. The van der Waals surface area contributed by atoms with E-state index < -0.39 is 17.3 Å². The summed E-state index contributed by atoms with van der Waals surface area (Å²) in [6.45, 7) is 2.52. The fourth-order valence-corrected chi connectivity index (χ4v) is 5.60. The molecule has 40 heavy (non-hydrogen) atoms. The lowest BCUT2D eigenvalue weighted by Gasteiger charge is -2.25. The third kappa shape index (κ3) is 5.00. The summed E-state index contributed by atoms with van der Waals surface area (Å²) < 4.78 is 54.6. The van der Waals surface area contributed by atoms with Crippen molar-refractivity contribution >= 4 is 11.6 Å². The maximum absolute atomic E-state index is 14.3. The van der Waals surface area contributed by atoms with Crippen molar-refractivity contribution in [3.63, 3.8) is 0 Å². The van der Waals surface area contributed by atoms with Gasteiger partial charge in [0.2, 0.25) is 5.91 Å². The van der Waals surface area contributed by atoms with E-state index in [-0.39, 0.29) is 17.6 Å². The fourth-order valence-electron chi connectivity index (χ4n) is 5.60. The number of alkyl halides is 3. The molecule has 0 saturated carbocycles. The third-order valence-electron chi connectivity index (χ3n) is 7.87. The molecule has 2 aliphatic rings. The molecule has 2 aromatic carbocycles. The predicted octanol–water partition coefficient (Wildman–Crippen LogP) is 4.48. The van der Waals surface area contributed by atoms with E-state index in [4.69, 9.17) is 9.47 Å². The zero-order valence-corrected chi connectivity index (χ0v) is 22.8. The summed E-state index contributed by atoms with van der Waals surface area (Å²) in [4.78, 5) is 29.1. The topological polar surface area (TPSA) is 76.9 Å². The lowest BCUT2D eigenvalue weighted by molar-refractivity contribution is -0.137. The van der Waals surface area contributed by atoms with Crippen LogP contribution >= 0.6 is 0 Å². The molecule has 0 spiro atoms. The summed E-state index contributed by atoms with van der Waals surface area (Å²) in [6, 6.07) is 8.89. The van der Waals surface area contributed by atoms with Gasteiger partial charge in [0, 0.05) is 49.9 Å². The van der Waals surface area contributed by atoms with Crippen molar-refractivity contribution in [2.24, 2.45) is 0 Å². The number of aromatic nitrogens is 2. The molecule has 1 amide bonds. The molecule has 3 aromatic rings. The molecule has 2 heterocycles. The first-order chi connectivity index (χ1) is 19.0. The zero-order chi connectivity index (χ0) is 28.8. The highest BCUT2D eigenvalue weighted by molar-refractivity contribution is 5.73. The SMILES string of the molecule is COc1cc(OC)cc(-c2nn(-c3cc(N4CCC(N(C)C(C)=O)C4)ccc3C(F)(F)F)c(=O)c3c2CCC3)c1. The number of benzene rings is 2. The maximum Gasteiger partial charge on any atom is 0.418 e. The number of carbonyl (C=O) groups excluding carboxylic acids is 1. The van der Waals surface area contributed by atoms with Crippen molar-refractivity contribution in [1.82, 2.24) is 14.7 Å². The number of amides is 1. The molecule has 1 atom stereocenters. The van der Waals surface area contributed by atoms with Crippen LogP contribution in [0.2, 0.25) is 0 Å². The van der Waals surface area contributed by atoms with Gasteiger partial charge in [-0.25, -0.2) is 0 Å². The number of halogens is 3. The zero-order valence-electron chi connectivity index (χ0n) is 22.8. The van der Waals surface area contributed by atoms with Gasteiger partial charge in [0.15, 0.2) is 0 Å². The number of anilines is 1. The Morgan fingerprint density at radius 3 is 2.35 bits per heavy atom. The number of likely N-dealkylation sites (N-methyl/N-ethyl adjacent to an activating group) is 1. The van der Waals surface area contributed by atoms with Crippen LogP contribution in [0.5, 0.6) is 11.5 Å². The Balaban J connectivity index is 1.68. The number of methoxy groups -OCH3 is 2. The summed E-state index contributed by atoms with van der Waals surface area (Å²) >= 11 is 0. The molecule has 1 aliphatic carbocycles. The Hall–Kier alpha value is -4.02. The number of ether oxygens (including phenoxy) is 2. The van der Waals surface area contributed by atoms with Gasteiger partial charge >= 0.3 is 6.18 Å². The Kier molecular flexibility index (Phi) is 7.24. The first-order valence-corrected chi connectivity index (χ1v) is 13.1. The summed E-state index contributed by atoms with van der Waals surface area (Å²) in [5.41, 5.74) is 0.907. The van der Waals surface area contributed by atoms with E-state index >= 15 is 0 Å². The van der Waals surface area contributed by atoms with Crippen molar-refractivity contribution in [2.75, 3.05) is 39.3 Å². The van der Waals surface area contributed by atoms with Crippen molar-refractivity contribution in [1.29, 1.82) is 0 Å². The van der Waals surface area contributed by atoms with Gasteiger partial charge in [-0.2, -0.15) is 23.0 Å². The molecule has 212 valence electrons. The van der Waals surface area contributed by atoms with Crippen LogP contribution in [0.3, 0.4) is 0 Å². The predicted molar refractivity (Wildman–Crippen MR) is 144 cm³/mol. The Morgan fingerprint density at radius 2 is 1.73 bits per heavy atom. The van der Waals surface area contributed by atoms with Crippen LogP contribution in [0.15, 0.2) is 41.2 Å². The third-order valence-corrected chi connectivity index (χ3v) is 7.87. The van der Waals surface area contributed by atoms with Gasteiger partial charge in [-0.05, 0) is 61.6 Å². The molecular formula is C29H31F3N4O4. The van der Waals surface area contributed by atoms with E-state index in [9.17, 15) is 22.8 Å². The molecule has 0 bridgehead atoms. The van der Waals surface area contributed by atoms with Crippen LogP contribution in [-0.4, -0.2) is 61.0 Å². The Labute approximate surface area is 229 Å². The van der Waals surface area contributed by atoms with Gasteiger partial charge in [-0.15, -0.1) is 0 Å². The molecule has 1 fully saturated rings. The van der Waals surface area contributed by atoms with E-state index in [1.165, 1.54) is 33.3 Å². The van der Waals surface area contributed by atoms with E-state index in [1.54, 1.807) is 30.1 Å². The second kappa shape index (κ2) is 10.5. The number of hydrogen-bond acceptors (Lipinski definition) is 6.